The SMILES string of the molecule is C=CCn1c(CC(=O)Nc2ccc(C)c(C)c2)nnc1SCC(=O)c1ccc(Br)cc1. The number of thioether (sulfide) groups is 1. The lowest BCUT2D eigenvalue weighted by Crippen LogP contribution is -2.18. The van der Waals surface area contributed by atoms with Crippen LogP contribution in [-0.2, 0) is 17.8 Å². The van der Waals surface area contributed by atoms with Gasteiger partial charge in [0.1, 0.15) is 5.82 Å². The van der Waals surface area contributed by atoms with E-state index in [1.807, 2.05) is 48.7 Å². The molecule has 0 saturated carbocycles. The molecule has 0 aliphatic carbocycles. The van der Waals surface area contributed by atoms with Gasteiger partial charge in [-0.1, -0.05) is 52.0 Å². The Kier molecular flexibility index (Phi) is 7.81. The van der Waals surface area contributed by atoms with E-state index < -0.39 is 0 Å². The molecule has 0 bridgehead atoms. The van der Waals surface area contributed by atoms with Crippen LogP contribution in [0, 0.1) is 13.8 Å². The first kappa shape index (κ1) is 23.0. The molecule has 1 heterocycles. The van der Waals surface area contributed by atoms with E-state index in [4.69, 9.17) is 0 Å². The molecule has 3 rings (SSSR count). The van der Waals surface area contributed by atoms with E-state index in [0.29, 0.717) is 23.1 Å². The number of allylic oxidation sites excluding steroid dienone is 1. The highest BCUT2D eigenvalue weighted by molar-refractivity contribution is 9.10. The first-order chi connectivity index (χ1) is 14.9. The summed E-state index contributed by atoms with van der Waals surface area (Å²) < 4.78 is 2.73. The van der Waals surface area contributed by atoms with E-state index >= 15 is 0 Å². The maximum Gasteiger partial charge on any atom is 0.232 e. The van der Waals surface area contributed by atoms with E-state index in [-0.39, 0.29) is 23.9 Å². The van der Waals surface area contributed by atoms with Crippen molar-refractivity contribution in [2.45, 2.75) is 32.0 Å². The van der Waals surface area contributed by atoms with Crippen LogP contribution in [0.15, 0.2) is 64.7 Å². The van der Waals surface area contributed by atoms with Gasteiger partial charge in [0, 0.05) is 22.3 Å². The molecule has 1 aromatic heterocycles. The number of hydrogen-bond donors (Lipinski definition) is 1. The van der Waals surface area contributed by atoms with Crippen molar-refractivity contribution in [1.82, 2.24) is 14.8 Å². The van der Waals surface area contributed by atoms with Gasteiger partial charge in [0.05, 0.1) is 12.2 Å². The van der Waals surface area contributed by atoms with E-state index in [9.17, 15) is 9.59 Å². The minimum atomic E-state index is -0.177. The lowest BCUT2D eigenvalue weighted by atomic mass is 10.1. The molecule has 0 aliphatic rings. The van der Waals surface area contributed by atoms with E-state index in [1.54, 1.807) is 18.2 Å². The number of nitrogens with zero attached hydrogens (tertiary/aromatic N) is 3. The van der Waals surface area contributed by atoms with E-state index in [2.05, 4.69) is 38.0 Å². The maximum absolute atomic E-state index is 12.5. The number of aromatic nitrogens is 3. The summed E-state index contributed by atoms with van der Waals surface area (Å²) in [5.41, 5.74) is 3.67. The van der Waals surface area contributed by atoms with Crippen LogP contribution >= 0.6 is 27.7 Å². The molecule has 0 spiro atoms. The fraction of sp³-hybridized carbons (Fsp3) is 0.217. The number of Topliss-reactive ketones (excluding diaryl/α,β-unsaturated/α-hetero) is 1. The van der Waals surface area contributed by atoms with Gasteiger partial charge in [-0.3, -0.25) is 9.59 Å². The monoisotopic (exact) mass is 498 g/mol. The Morgan fingerprint density at radius 2 is 1.87 bits per heavy atom. The number of amides is 1. The number of aryl methyl sites for hydroxylation is 2. The van der Waals surface area contributed by atoms with Crippen LogP contribution in [0.25, 0.3) is 0 Å². The van der Waals surface area contributed by atoms with Crippen molar-refractivity contribution in [2.75, 3.05) is 11.1 Å². The smallest absolute Gasteiger partial charge is 0.232 e. The highest BCUT2D eigenvalue weighted by atomic mass is 79.9. The van der Waals surface area contributed by atoms with Crippen molar-refractivity contribution in [3.8, 4) is 0 Å². The van der Waals surface area contributed by atoms with Gasteiger partial charge < -0.3 is 9.88 Å². The second-order valence-electron chi connectivity index (χ2n) is 7.04. The molecular formula is C23H23BrN4O2S. The second-order valence-corrected chi connectivity index (χ2v) is 8.90. The molecule has 0 fully saturated rings. The van der Waals surface area contributed by atoms with Gasteiger partial charge >= 0.3 is 0 Å². The Labute approximate surface area is 194 Å². The molecule has 0 aliphatic heterocycles. The summed E-state index contributed by atoms with van der Waals surface area (Å²) in [6, 6.07) is 13.0. The summed E-state index contributed by atoms with van der Waals surface area (Å²) in [6.07, 6.45) is 1.80. The average Bonchev–Trinajstić information content (AvgIpc) is 3.11. The first-order valence-electron chi connectivity index (χ1n) is 9.69. The van der Waals surface area contributed by atoms with Gasteiger partial charge in [-0.05, 0) is 49.2 Å². The lowest BCUT2D eigenvalue weighted by Gasteiger charge is -2.09. The predicted octanol–water partition coefficient (Wildman–Crippen LogP) is 5.00. The molecule has 0 unspecified atom stereocenters. The maximum atomic E-state index is 12.5. The fourth-order valence-electron chi connectivity index (χ4n) is 2.89. The number of rotatable bonds is 9. The van der Waals surface area contributed by atoms with Crippen LogP contribution < -0.4 is 5.32 Å². The zero-order valence-corrected chi connectivity index (χ0v) is 19.8. The van der Waals surface area contributed by atoms with Crippen LogP contribution in [-0.4, -0.2) is 32.2 Å². The van der Waals surface area contributed by atoms with Crippen LogP contribution in [0.1, 0.15) is 27.3 Å². The zero-order valence-electron chi connectivity index (χ0n) is 17.4. The number of benzene rings is 2. The predicted molar refractivity (Wildman–Crippen MR) is 128 cm³/mol. The largest absolute Gasteiger partial charge is 0.326 e. The van der Waals surface area contributed by atoms with E-state index in [1.165, 1.54) is 17.3 Å². The van der Waals surface area contributed by atoms with Gasteiger partial charge in [0.2, 0.25) is 5.91 Å². The van der Waals surface area contributed by atoms with Crippen molar-refractivity contribution in [2.24, 2.45) is 0 Å². The zero-order chi connectivity index (χ0) is 22.4. The topological polar surface area (TPSA) is 76.9 Å². The molecule has 1 amide bonds. The van der Waals surface area contributed by atoms with Crippen LogP contribution in [0.5, 0.6) is 0 Å². The molecule has 6 nitrogen and oxygen atoms in total. The number of carbonyl (C=O) groups excluding carboxylic acids is 2. The fourth-order valence-corrected chi connectivity index (χ4v) is 4.01. The van der Waals surface area contributed by atoms with Gasteiger partial charge in [-0.2, -0.15) is 0 Å². The Balaban J connectivity index is 1.66. The van der Waals surface area contributed by atoms with Crippen LogP contribution in [0.3, 0.4) is 0 Å². The standard InChI is InChI=1S/C23H23BrN4O2S/c1-4-11-28-21(13-22(30)25-19-10-5-15(2)16(3)12-19)26-27-23(28)31-14-20(29)17-6-8-18(24)9-7-17/h4-10,12H,1,11,13-14H2,2-3H3,(H,25,30). The third-order valence-electron chi connectivity index (χ3n) is 4.71. The summed E-state index contributed by atoms with van der Waals surface area (Å²) in [5, 5.41) is 11.9. The molecule has 0 radical (unpaired) electrons. The number of halogens is 1. The van der Waals surface area contributed by atoms with Crippen molar-refractivity contribution in [3.05, 3.63) is 82.1 Å². The number of anilines is 1. The number of hydrogen-bond acceptors (Lipinski definition) is 5. The van der Waals surface area contributed by atoms with Gasteiger partial charge in [0.25, 0.3) is 0 Å². The highest BCUT2D eigenvalue weighted by Crippen LogP contribution is 2.21. The van der Waals surface area contributed by atoms with Crippen molar-refractivity contribution < 1.29 is 9.59 Å². The lowest BCUT2D eigenvalue weighted by molar-refractivity contribution is -0.115. The Hall–Kier alpha value is -2.71. The molecule has 1 N–H and O–H groups in total. The third kappa shape index (κ3) is 6.15. The molecule has 0 atom stereocenters. The van der Waals surface area contributed by atoms with Crippen molar-refractivity contribution in [1.29, 1.82) is 0 Å². The summed E-state index contributed by atoms with van der Waals surface area (Å²) in [7, 11) is 0. The Bertz CT molecular complexity index is 1110. The molecule has 160 valence electrons. The minimum absolute atomic E-state index is 0.000290. The van der Waals surface area contributed by atoms with Crippen LogP contribution in [0.4, 0.5) is 5.69 Å². The third-order valence-corrected chi connectivity index (χ3v) is 6.21. The summed E-state index contributed by atoms with van der Waals surface area (Å²) >= 11 is 4.66. The molecule has 2 aromatic carbocycles. The second kappa shape index (κ2) is 10.5. The highest BCUT2D eigenvalue weighted by Gasteiger charge is 2.17. The molecule has 31 heavy (non-hydrogen) atoms. The summed E-state index contributed by atoms with van der Waals surface area (Å²) in [5.74, 6) is 0.578. The number of ketones is 1. The van der Waals surface area contributed by atoms with Gasteiger partial charge in [-0.25, -0.2) is 0 Å². The number of carbonyl (C=O) groups is 2. The summed E-state index contributed by atoms with van der Waals surface area (Å²) in [6.45, 7) is 8.26. The normalized spacial score (nSPS) is 10.7. The quantitative estimate of drug-likeness (QED) is 0.255. The van der Waals surface area contributed by atoms with Gasteiger partial charge in [0.15, 0.2) is 10.9 Å². The van der Waals surface area contributed by atoms with Crippen molar-refractivity contribution >= 4 is 45.1 Å². The molecule has 8 heteroatoms. The van der Waals surface area contributed by atoms with E-state index in [0.717, 1.165) is 15.7 Å². The molecule has 3 aromatic rings. The van der Waals surface area contributed by atoms with Crippen molar-refractivity contribution in [3.63, 3.8) is 0 Å². The number of nitrogens with one attached hydrogen (secondary N) is 1. The van der Waals surface area contributed by atoms with Crippen LogP contribution in [0.2, 0.25) is 0 Å². The molecular weight excluding hydrogens is 476 g/mol. The summed E-state index contributed by atoms with van der Waals surface area (Å²) in [4.78, 5) is 25.0. The molecule has 0 saturated heterocycles. The Morgan fingerprint density at radius 1 is 1.13 bits per heavy atom. The Morgan fingerprint density at radius 3 is 2.55 bits per heavy atom. The average molecular weight is 499 g/mol. The van der Waals surface area contributed by atoms with Gasteiger partial charge in [-0.15, -0.1) is 16.8 Å². The minimum Gasteiger partial charge on any atom is -0.326 e. The first-order valence-corrected chi connectivity index (χ1v) is 11.5.